The third-order valence-corrected chi connectivity index (χ3v) is 5.29. The second-order valence-corrected chi connectivity index (χ2v) is 8.47. The lowest BCUT2D eigenvalue weighted by Crippen LogP contribution is -2.43. The van der Waals surface area contributed by atoms with E-state index < -0.39 is 5.54 Å². The van der Waals surface area contributed by atoms with Crippen LogP contribution in [0.3, 0.4) is 0 Å². The highest BCUT2D eigenvalue weighted by molar-refractivity contribution is 8.22. The van der Waals surface area contributed by atoms with Gasteiger partial charge in [-0.05, 0) is 69.3 Å². The van der Waals surface area contributed by atoms with Crippen molar-refractivity contribution in [2.24, 2.45) is 0 Å². The zero-order valence-electron chi connectivity index (χ0n) is 15.9. The average Bonchev–Trinajstić information content (AvgIpc) is 2.66. The highest BCUT2D eigenvalue weighted by atomic mass is 32.2. The number of hydrogen-bond donors (Lipinski definition) is 0. The third kappa shape index (κ3) is 3.61. The molecule has 0 atom stereocenters. The molecule has 1 aliphatic heterocycles. The standard InChI is InChI=1S/C19H25NO3S2/c1-8-25-18(24)23-16-15(17(21)20(22-7)19(16,5)6)14-12(3)9-11(2)10-13(14)4/h9-10H,8H2,1-7H3. The molecule has 0 bridgehead atoms. The van der Waals surface area contributed by atoms with E-state index in [1.807, 2.05) is 41.5 Å². The zero-order valence-corrected chi connectivity index (χ0v) is 17.5. The molecule has 1 aromatic rings. The normalized spacial score (nSPS) is 16.6. The van der Waals surface area contributed by atoms with Crippen LogP contribution in [-0.4, -0.2) is 33.8 Å². The van der Waals surface area contributed by atoms with Gasteiger partial charge < -0.3 is 4.74 Å². The number of carbonyl (C=O) groups excluding carboxylic acids is 1. The fourth-order valence-electron chi connectivity index (χ4n) is 3.36. The molecule has 1 amide bonds. The number of hydroxylamine groups is 2. The summed E-state index contributed by atoms with van der Waals surface area (Å²) in [6.45, 7) is 11.9. The lowest BCUT2D eigenvalue weighted by Gasteiger charge is -2.30. The number of hydrogen-bond acceptors (Lipinski definition) is 5. The Labute approximate surface area is 159 Å². The highest BCUT2D eigenvalue weighted by Gasteiger charge is 2.49. The summed E-state index contributed by atoms with van der Waals surface area (Å²) < 4.78 is 6.42. The molecule has 0 unspecified atom stereocenters. The van der Waals surface area contributed by atoms with Crippen LogP contribution < -0.4 is 0 Å². The van der Waals surface area contributed by atoms with Crippen LogP contribution in [-0.2, 0) is 14.4 Å². The van der Waals surface area contributed by atoms with Crippen LogP contribution in [0.2, 0.25) is 0 Å². The van der Waals surface area contributed by atoms with Crippen LogP contribution in [0, 0.1) is 20.8 Å². The van der Waals surface area contributed by atoms with Gasteiger partial charge in [0, 0.05) is 0 Å². The SMILES string of the molecule is CCSC(=S)OC1=C(c2c(C)cc(C)cc2C)C(=O)N(OC)C1(C)C. The van der Waals surface area contributed by atoms with E-state index in [0.717, 1.165) is 28.0 Å². The first-order valence-corrected chi connectivity index (χ1v) is 9.60. The second-order valence-electron chi connectivity index (χ2n) is 6.60. The summed E-state index contributed by atoms with van der Waals surface area (Å²) in [5.74, 6) is 1.15. The monoisotopic (exact) mass is 379 g/mol. The summed E-state index contributed by atoms with van der Waals surface area (Å²) in [5.41, 5.74) is 3.90. The Bertz CT molecular complexity index is 730. The fourth-order valence-corrected chi connectivity index (χ4v) is 4.18. The van der Waals surface area contributed by atoms with Gasteiger partial charge in [-0.3, -0.25) is 9.63 Å². The lowest BCUT2D eigenvalue weighted by atomic mass is 9.91. The molecular formula is C19H25NO3S2. The van der Waals surface area contributed by atoms with Gasteiger partial charge in [0.1, 0.15) is 11.3 Å². The molecule has 136 valence electrons. The molecule has 0 aliphatic carbocycles. The fraction of sp³-hybridized carbons (Fsp3) is 0.474. The predicted molar refractivity (Wildman–Crippen MR) is 107 cm³/mol. The second kappa shape index (κ2) is 7.48. The van der Waals surface area contributed by atoms with E-state index in [2.05, 4.69) is 12.1 Å². The van der Waals surface area contributed by atoms with Crippen LogP contribution in [0.4, 0.5) is 0 Å². The van der Waals surface area contributed by atoms with Crippen LogP contribution in [0.5, 0.6) is 0 Å². The van der Waals surface area contributed by atoms with E-state index >= 15 is 0 Å². The molecule has 0 saturated carbocycles. The largest absolute Gasteiger partial charge is 0.441 e. The molecule has 0 spiro atoms. The molecule has 25 heavy (non-hydrogen) atoms. The first-order chi connectivity index (χ1) is 11.6. The minimum Gasteiger partial charge on any atom is -0.441 e. The molecule has 0 aromatic heterocycles. The van der Waals surface area contributed by atoms with Crippen molar-refractivity contribution in [1.29, 1.82) is 0 Å². The first kappa shape index (κ1) is 19.9. The molecule has 1 aromatic carbocycles. The van der Waals surface area contributed by atoms with Crippen molar-refractivity contribution in [3.63, 3.8) is 0 Å². The predicted octanol–water partition coefficient (Wildman–Crippen LogP) is 4.56. The molecule has 0 radical (unpaired) electrons. The number of ether oxygens (including phenoxy) is 1. The summed E-state index contributed by atoms with van der Waals surface area (Å²) in [5, 5.41) is 1.36. The van der Waals surface area contributed by atoms with Gasteiger partial charge in [0.2, 0.25) is 4.38 Å². The van der Waals surface area contributed by atoms with Crippen molar-refractivity contribution in [2.75, 3.05) is 12.9 Å². The quantitative estimate of drug-likeness (QED) is 0.717. The maximum Gasteiger partial charge on any atom is 0.282 e. The molecule has 6 heteroatoms. The topological polar surface area (TPSA) is 38.8 Å². The van der Waals surface area contributed by atoms with Crippen molar-refractivity contribution >= 4 is 39.8 Å². The van der Waals surface area contributed by atoms with Crippen molar-refractivity contribution in [1.82, 2.24) is 5.06 Å². The Morgan fingerprint density at radius 1 is 1.24 bits per heavy atom. The van der Waals surface area contributed by atoms with Crippen LogP contribution in [0.25, 0.3) is 5.57 Å². The van der Waals surface area contributed by atoms with Crippen molar-refractivity contribution in [3.05, 3.63) is 40.1 Å². The number of aryl methyl sites for hydroxylation is 3. The minimum atomic E-state index is -0.747. The lowest BCUT2D eigenvalue weighted by molar-refractivity contribution is -0.189. The maximum absolute atomic E-state index is 13.1. The highest BCUT2D eigenvalue weighted by Crippen LogP contribution is 2.43. The number of thioether (sulfide) groups is 1. The van der Waals surface area contributed by atoms with E-state index in [-0.39, 0.29) is 5.91 Å². The van der Waals surface area contributed by atoms with Crippen LogP contribution in [0.1, 0.15) is 43.0 Å². The molecule has 2 rings (SSSR count). The van der Waals surface area contributed by atoms with Gasteiger partial charge in [-0.1, -0.05) is 36.4 Å². The van der Waals surface area contributed by atoms with Gasteiger partial charge in [0.25, 0.3) is 5.91 Å². The molecule has 0 N–H and O–H groups in total. The number of nitrogens with zero attached hydrogens (tertiary/aromatic N) is 1. The Balaban J connectivity index is 2.70. The molecule has 1 aliphatic rings. The van der Waals surface area contributed by atoms with E-state index in [1.54, 1.807) is 0 Å². The molecule has 1 heterocycles. The van der Waals surface area contributed by atoms with Gasteiger partial charge in [-0.15, -0.1) is 0 Å². The summed E-state index contributed by atoms with van der Waals surface area (Å²) >= 11 is 6.77. The average molecular weight is 380 g/mol. The minimum absolute atomic E-state index is 0.207. The summed E-state index contributed by atoms with van der Waals surface area (Å²) in [7, 11) is 1.49. The van der Waals surface area contributed by atoms with Gasteiger partial charge in [0.05, 0.1) is 12.7 Å². The Morgan fingerprint density at radius 3 is 2.28 bits per heavy atom. The maximum atomic E-state index is 13.1. The number of carbonyl (C=O) groups is 1. The molecule has 0 fully saturated rings. The number of benzene rings is 1. The molecule has 0 saturated heterocycles. The number of amides is 1. The van der Waals surface area contributed by atoms with Crippen molar-refractivity contribution in [3.8, 4) is 0 Å². The van der Waals surface area contributed by atoms with E-state index in [9.17, 15) is 4.79 Å². The summed E-state index contributed by atoms with van der Waals surface area (Å²) in [6, 6.07) is 4.14. The van der Waals surface area contributed by atoms with Gasteiger partial charge in [-0.2, -0.15) is 0 Å². The molecule has 4 nitrogen and oxygen atoms in total. The number of thiocarbonyl (C=S) groups is 1. The van der Waals surface area contributed by atoms with Crippen LogP contribution in [0.15, 0.2) is 17.9 Å². The van der Waals surface area contributed by atoms with Crippen molar-refractivity contribution in [2.45, 2.75) is 47.1 Å². The van der Waals surface area contributed by atoms with Gasteiger partial charge in [0.15, 0.2) is 0 Å². The van der Waals surface area contributed by atoms with E-state index in [0.29, 0.717) is 15.7 Å². The third-order valence-electron chi connectivity index (χ3n) is 4.25. The van der Waals surface area contributed by atoms with E-state index in [1.165, 1.54) is 23.9 Å². The van der Waals surface area contributed by atoms with Crippen molar-refractivity contribution < 1.29 is 14.4 Å². The summed E-state index contributed by atoms with van der Waals surface area (Å²) in [4.78, 5) is 18.5. The Kier molecular flexibility index (Phi) is 5.97. The Hall–Kier alpha value is -1.37. The van der Waals surface area contributed by atoms with Gasteiger partial charge >= 0.3 is 0 Å². The zero-order chi connectivity index (χ0) is 18.9. The summed E-state index contributed by atoms with van der Waals surface area (Å²) in [6.07, 6.45) is 0. The first-order valence-electron chi connectivity index (χ1n) is 8.21. The number of rotatable bonds is 4. The van der Waals surface area contributed by atoms with Gasteiger partial charge in [-0.25, -0.2) is 5.06 Å². The van der Waals surface area contributed by atoms with Crippen LogP contribution >= 0.6 is 24.0 Å². The smallest absolute Gasteiger partial charge is 0.282 e. The molecular weight excluding hydrogens is 354 g/mol. The Morgan fingerprint density at radius 2 is 1.80 bits per heavy atom. The van der Waals surface area contributed by atoms with E-state index in [4.69, 9.17) is 21.8 Å².